The van der Waals surface area contributed by atoms with Crippen LogP contribution in [0, 0.1) is 0 Å². The largest absolute Gasteiger partial charge is 0.327 e. The summed E-state index contributed by atoms with van der Waals surface area (Å²) in [6.07, 6.45) is 3.65. The van der Waals surface area contributed by atoms with Gasteiger partial charge in [-0.3, -0.25) is 0 Å². The topological polar surface area (TPSA) is 26.0 Å². The first-order valence-corrected chi connectivity index (χ1v) is 5.57. The smallest absolute Gasteiger partial charge is 0.0210 e. The van der Waals surface area contributed by atoms with Crippen LogP contribution >= 0.6 is 15.9 Å². The van der Waals surface area contributed by atoms with E-state index in [0.717, 1.165) is 0 Å². The quantitative estimate of drug-likeness (QED) is 0.737. The first-order valence-electron chi connectivity index (χ1n) is 4.77. The Morgan fingerprint density at radius 2 is 2.23 bits per heavy atom. The van der Waals surface area contributed by atoms with Crippen LogP contribution in [0.25, 0.3) is 0 Å². The molecule has 0 amide bonds. The van der Waals surface area contributed by atoms with Gasteiger partial charge in [-0.05, 0) is 36.5 Å². The van der Waals surface area contributed by atoms with E-state index in [4.69, 9.17) is 5.73 Å². The number of hydrogen-bond acceptors (Lipinski definition) is 1. The van der Waals surface area contributed by atoms with Crippen molar-refractivity contribution in [3.8, 4) is 0 Å². The SMILES string of the molecule is NC1CC12CCc1c(Br)cccc12. The van der Waals surface area contributed by atoms with Gasteiger partial charge in [0, 0.05) is 15.9 Å². The Morgan fingerprint density at radius 3 is 2.92 bits per heavy atom. The molecule has 0 heterocycles. The first-order chi connectivity index (χ1) is 6.24. The average molecular weight is 238 g/mol. The Balaban J connectivity index is 2.18. The minimum Gasteiger partial charge on any atom is -0.327 e. The maximum Gasteiger partial charge on any atom is 0.0210 e. The molecule has 0 bridgehead atoms. The zero-order chi connectivity index (χ0) is 9.05. The van der Waals surface area contributed by atoms with E-state index in [1.165, 1.54) is 34.9 Å². The number of nitrogens with two attached hydrogens (primary N) is 1. The standard InChI is InChI=1S/C11H12BrN/c12-9-3-1-2-8-7(9)4-5-11(8)6-10(11)13/h1-3,10H,4-6,13H2. The molecule has 0 aliphatic heterocycles. The van der Waals surface area contributed by atoms with E-state index >= 15 is 0 Å². The summed E-state index contributed by atoms with van der Waals surface area (Å²) in [5, 5.41) is 0. The van der Waals surface area contributed by atoms with Gasteiger partial charge >= 0.3 is 0 Å². The molecule has 1 aromatic carbocycles. The van der Waals surface area contributed by atoms with Crippen molar-refractivity contribution >= 4 is 15.9 Å². The average Bonchev–Trinajstić information content (AvgIpc) is 2.57. The molecular weight excluding hydrogens is 226 g/mol. The lowest BCUT2D eigenvalue weighted by Crippen LogP contribution is -2.14. The molecule has 1 saturated carbocycles. The highest BCUT2D eigenvalue weighted by Gasteiger charge is 2.56. The Morgan fingerprint density at radius 1 is 1.46 bits per heavy atom. The Kier molecular flexibility index (Phi) is 1.46. The van der Waals surface area contributed by atoms with Crippen molar-refractivity contribution in [1.82, 2.24) is 0 Å². The molecule has 3 rings (SSSR count). The molecule has 0 aromatic heterocycles. The van der Waals surface area contributed by atoms with E-state index in [-0.39, 0.29) is 0 Å². The molecular formula is C11H12BrN. The van der Waals surface area contributed by atoms with E-state index < -0.39 is 0 Å². The molecule has 2 atom stereocenters. The summed E-state index contributed by atoms with van der Waals surface area (Å²) in [7, 11) is 0. The molecule has 2 heteroatoms. The van der Waals surface area contributed by atoms with Gasteiger partial charge in [-0.2, -0.15) is 0 Å². The second-order valence-electron chi connectivity index (χ2n) is 4.23. The number of hydrogen-bond donors (Lipinski definition) is 1. The van der Waals surface area contributed by atoms with Gasteiger partial charge in [0.15, 0.2) is 0 Å². The lowest BCUT2D eigenvalue weighted by Gasteiger charge is -2.09. The van der Waals surface area contributed by atoms with Crippen molar-refractivity contribution in [1.29, 1.82) is 0 Å². The van der Waals surface area contributed by atoms with Crippen LogP contribution in [0.2, 0.25) is 0 Å². The maximum absolute atomic E-state index is 6.01. The molecule has 2 unspecified atom stereocenters. The van der Waals surface area contributed by atoms with Gasteiger partial charge in [-0.1, -0.05) is 28.1 Å². The van der Waals surface area contributed by atoms with Gasteiger partial charge in [0.05, 0.1) is 0 Å². The molecule has 2 aliphatic rings. The summed E-state index contributed by atoms with van der Waals surface area (Å²) >= 11 is 3.61. The maximum atomic E-state index is 6.01. The van der Waals surface area contributed by atoms with E-state index in [0.29, 0.717) is 11.5 Å². The van der Waals surface area contributed by atoms with Crippen LogP contribution in [0.15, 0.2) is 22.7 Å². The summed E-state index contributed by atoms with van der Waals surface area (Å²) < 4.78 is 1.26. The highest BCUT2D eigenvalue weighted by Crippen LogP contribution is 2.56. The van der Waals surface area contributed by atoms with Gasteiger partial charge in [0.1, 0.15) is 0 Å². The van der Waals surface area contributed by atoms with E-state index in [9.17, 15) is 0 Å². The van der Waals surface area contributed by atoms with E-state index in [2.05, 4.69) is 34.1 Å². The Bertz CT molecular complexity index is 374. The van der Waals surface area contributed by atoms with Gasteiger partial charge in [0.25, 0.3) is 0 Å². The predicted octanol–water partition coefficient (Wildman–Crippen LogP) is 2.36. The van der Waals surface area contributed by atoms with Crippen LogP contribution in [0.3, 0.4) is 0 Å². The highest BCUT2D eigenvalue weighted by atomic mass is 79.9. The van der Waals surface area contributed by atoms with Crippen molar-refractivity contribution in [3.05, 3.63) is 33.8 Å². The van der Waals surface area contributed by atoms with Gasteiger partial charge < -0.3 is 5.73 Å². The van der Waals surface area contributed by atoms with Crippen LogP contribution in [0.4, 0.5) is 0 Å². The molecule has 1 spiro atoms. The highest BCUT2D eigenvalue weighted by molar-refractivity contribution is 9.10. The molecule has 0 radical (unpaired) electrons. The molecule has 1 nitrogen and oxygen atoms in total. The van der Waals surface area contributed by atoms with E-state index in [1.54, 1.807) is 0 Å². The first kappa shape index (κ1) is 8.01. The zero-order valence-electron chi connectivity index (χ0n) is 7.39. The third-order valence-corrected chi connectivity index (χ3v) is 4.35. The molecule has 1 fully saturated rings. The zero-order valence-corrected chi connectivity index (χ0v) is 8.97. The number of rotatable bonds is 0. The normalized spacial score (nSPS) is 35.1. The summed E-state index contributed by atoms with van der Waals surface area (Å²) in [5.74, 6) is 0. The summed E-state index contributed by atoms with van der Waals surface area (Å²) in [6.45, 7) is 0. The Labute approximate surface area is 86.5 Å². The van der Waals surface area contributed by atoms with Crippen LogP contribution in [0.5, 0.6) is 0 Å². The lowest BCUT2D eigenvalue weighted by atomic mass is 9.98. The monoisotopic (exact) mass is 237 g/mol. The van der Waals surface area contributed by atoms with Crippen molar-refractivity contribution in [2.45, 2.75) is 30.7 Å². The molecule has 0 saturated heterocycles. The van der Waals surface area contributed by atoms with Crippen LogP contribution in [0.1, 0.15) is 24.0 Å². The van der Waals surface area contributed by atoms with Gasteiger partial charge in [-0.25, -0.2) is 0 Å². The van der Waals surface area contributed by atoms with Crippen LogP contribution in [-0.4, -0.2) is 6.04 Å². The fourth-order valence-electron chi connectivity index (χ4n) is 2.69. The summed E-state index contributed by atoms with van der Waals surface area (Å²) in [4.78, 5) is 0. The van der Waals surface area contributed by atoms with Crippen molar-refractivity contribution in [3.63, 3.8) is 0 Å². The fourth-order valence-corrected chi connectivity index (χ4v) is 3.26. The lowest BCUT2D eigenvalue weighted by molar-refractivity contribution is 0.651. The van der Waals surface area contributed by atoms with Crippen molar-refractivity contribution < 1.29 is 0 Å². The van der Waals surface area contributed by atoms with E-state index in [1.807, 2.05) is 0 Å². The Hall–Kier alpha value is -0.340. The second kappa shape index (κ2) is 2.37. The number of benzene rings is 1. The van der Waals surface area contributed by atoms with Gasteiger partial charge in [-0.15, -0.1) is 0 Å². The molecule has 13 heavy (non-hydrogen) atoms. The summed E-state index contributed by atoms with van der Waals surface area (Å²) in [6, 6.07) is 6.93. The van der Waals surface area contributed by atoms with Crippen LogP contribution in [-0.2, 0) is 11.8 Å². The van der Waals surface area contributed by atoms with Gasteiger partial charge in [0.2, 0.25) is 0 Å². The molecule has 2 aliphatic carbocycles. The minimum atomic E-state index is 0.374. The third-order valence-electron chi connectivity index (χ3n) is 3.61. The number of halogens is 1. The molecule has 1 aromatic rings. The summed E-state index contributed by atoms with van der Waals surface area (Å²) in [5.41, 5.74) is 9.39. The molecule has 2 N–H and O–H groups in total. The fraction of sp³-hybridized carbons (Fsp3) is 0.455. The minimum absolute atomic E-state index is 0.374. The molecule has 68 valence electrons. The third kappa shape index (κ3) is 0.906. The predicted molar refractivity (Wildman–Crippen MR) is 56.7 cm³/mol. The van der Waals surface area contributed by atoms with Crippen molar-refractivity contribution in [2.75, 3.05) is 0 Å². The van der Waals surface area contributed by atoms with Crippen molar-refractivity contribution in [2.24, 2.45) is 5.73 Å². The number of fused-ring (bicyclic) bond motifs is 2. The van der Waals surface area contributed by atoms with Crippen LogP contribution < -0.4 is 5.73 Å². The second-order valence-corrected chi connectivity index (χ2v) is 5.09.